The van der Waals surface area contributed by atoms with Crippen LogP contribution in [0, 0.1) is 12.7 Å². The molecule has 10 heteroatoms. The first-order valence-corrected chi connectivity index (χ1v) is 12.0. The number of fused-ring (bicyclic) bond motifs is 1. The maximum Gasteiger partial charge on any atom is 0.266 e. The van der Waals surface area contributed by atoms with E-state index < -0.39 is 17.3 Å². The molecule has 0 saturated heterocycles. The number of nitrogens with zero attached hydrogens (tertiary/aromatic N) is 2. The Labute approximate surface area is 209 Å². The predicted octanol–water partition coefficient (Wildman–Crippen LogP) is 5.57. The van der Waals surface area contributed by atoms with Gasteiger partial charge in [-0.25, -0.2) is 9.37 Å². The minimum atomic E-state index is -0.593. The van der Waals surface area contributed by atoms with Gasteiger partial charge >= 0.3 is 0 Å². The van der Waals surface area contributed by atoms with Crippen LogP contribution in [0.5, 0.6) is 0 Å². The van der Waals surface area contributed by atoms with Gasteiger partial charge in [0.25, 0.3) is 11.5 Å². The molecule has 0 spiro atoms. The van der Waals surface area contributed by atoms with Gasteiger partial charge in [-0.1, -0.05) is 37.6 Å². The van der Waals surface area contributed by atoms with Crippen LogP contribution in [0.15, 0.2) is 53.6 Å². The number of hydrogen-bond acceptors (Lipinski definition) is 5. The van der Waals surface area contributed by atoms with E-state index in [0.717, 1.165) is 23.0 Å². The van der Waals surface area contributed by atoms with E-state index >= 15 is 0 Å². The van der Waals surface area contributed by atoms with Crippen LogP contribution >= 0.6 is 22.9 Å². The Kier molecular flexibility index (Phi) is 7.00. The summed E-state index contributed by atoms with van der Waals surface area (Å²) in [5.74, 6) is -1.05. The predicted molar refractivity (Wildman–Crippen MR) is 137 cm³/mol. The van der Waals surface area contributed by atoms with Gasteiger partial charge in [-0.3, -0.25) is 19.0 Å². The van der Waals surface area contributed by atoms with Gasteiger partial charge in [0.05, 0.1) is 21.6 Å². The van der Waals surface area contributed by atoms with E-state index in [-0.39, 0.29) is 27.7 Å². The summed E-state index contributed by atoms with van der Waals surface area (Å²) in [6, 6.07) is 11.4. The molecule has 2 aromatic carbocycles. The Morgan fingerprint density at radius 2 is 1.80 bits per heavy atom. The second-order valence-corrected chi connectivity index (χ2v) is 9.73. The first kappa shape index (κ1) is 24.6. The molecule has 0 aliphatic heterocycles. The monoisotopic (exact) mass is 512 g/mol. The van der Waals surface area contributed by atoms with Gasteiger partial charge in [0.2, 0.25) is 5.91 Å². The van der Waals surface area contributed by atoms with Crippen molar-refractivity contribution in [3.8, 4) is 0 Å². The summed E-state index contributed by atoms with van der Waals surface area (Å²) in [4.78, 5) is 43.4. The first-order valence-electron chi connectivity index (χ1n) is 10.8. The van der Waals surface area contributed by atoms with Crippen molar-refractivity contribution in [2.75, 3.05) is 10.6 Å². The van der Waals surface area contributed by atoms with Crippen LogP contribution in [0.3, 0.4) is 0 Å². The fraction of sp³-hybridized carbons (Fsp3) is 0.200. The molecule has 35 heavy (non-hydrogen) atoms. The van der Waals surface area contributed by atoms with E-state index in [1.165, 1.54) is 23.0 Å². The van der Waals surface area contributed by atoms with Gasteiger partial charge in [0.1, 0.15) is 17.2 Å². The van der Waals surface area contributed by atoms with Gasteiger partial charge < -0.3 is 10.6 Å². The fourth-order valence-electron chi connectivity index (χ4n) is 3.56. The number of carbonyl (C=O) groups excluding carboxylic acids is 2. The van der Waals surface area contributed by atoms with Crippen molar-refractivity contribution in [3.05, 3.63) is 86.0 Å². The summed E-state index contributed by atoms with van der Waals surface area (Å²) >= 11 is 6.84. The van der Waals surface area contributed by atoms with Gasteiger partial charge in [-0.05, 0) is 54.3 Å². The molecule has 0 fully saturated rings. The molecule has 4 rings (SSSR count). The number of aromatic nitrogens is 2. The largest absolute Gasteiger partial charge is 0.325 e. The maximum atomic E-state index is 13.4. The van der Waals surface area contributed by atoms with Crippen molar-refractivity contribution in [1.82, 2.24) is 9.55 Å². The lowest BCUT2D eigenvalue weighted by molar-refractivity contribution is -0.116. The molecule has 2 amide bonds. The summed E-state index contributed by atoms with van der Waals surface area (Å²) in [6.45, 7) is 5.60. The number of halogens is 2. The standard InChI is InChI=1S/C25H22ClFN4O3S/c1-13(2)15-4-6-16(7-5-15)29-20(32)11-31-12-28-24-21(25(31)34)14(3)22(35-24)23(33)30-17-8-9-19(27)18(26)10-17/h4-10,12-13H,11H2,1-3H3,(H,29,32)(H,30,33). The van der Waals surface area contributed by atoms with Crippen LogP contribution in [-0.2, 0) is 11.3 Å². The van der Waals surface area contributed by atoms with E-state index in [2.05, 4.69) is 29.5 Å². The molecule has 7 nitrogen and oxygen atoms in total. The number of aryl methyl sites for hydroxylation is 1. The summed E-state index contributed by atoms with van der Waals surface area (Å²) in [5.41, 5.74) is 2.14. The number of hydrogen-bond donors (Lipinski definition) is 2. The summed E-state index contributed by atoms with van der Waals surface area (Å²) < 4.78 is 14.6. The zero-order chi connectivity index (χ0) is 25.3. The van der Waals surface area contributed by atoms with Crippen molar-refractivity contribution in [1.29, 1.82) is 0 Å². The van der Waals surface area contributed by atoms with Crippen LogP contribution in [0.25, 0.3) is 10.2 Å². The molecule has 0 radical (unpaired) electrons. The molecule has 0 atom stereocenters. The van der Waals surface area contributed by atoms with E-state index in [4.69, 9.17) is 11.6 Å². The van der Waals surface area contributed by atoms with E-state index in [9.17, 15) is 18.8 Å². The average Bonchev–Trinajstić information content (AvgIpc) is 3.15. The van der Waals surface area contributed by atoms with E-state index in [1.807, 2.05) is 24.3 Å². The zero-order valence-electron chi connectivity index (χ0n) is 19.2. The highest BCUT2D eigenvalue weighted by molar-refractivity contribution is 7.20. The van der Waals surface area contributed by atoms with Crippen molar-refractivity contribution in [3.63, 3.8) is 0 Å². The molecule has 0 aliphatic carbocycles. The normalized spacial score (nSPS) is 11.1. The third kappa shape index (κ3) is 5.26. The molecule has 0 unspecified atom stereocenters. The van der Waals surface area contributed by atoms with E-state index in [1.54, 1.807) is 6.92 Å². The lowest BCUT2D eigenvalue weighted by Crippen LogP contribution is -2.28. The quantitative estimate of drug-likeness (QED) is 0.353. The molecule has 2 N–H and O–H groups in total. The maximum absolute atomic E-state index is 13.4. The smallest absolute Gasteiger partial charge is 0.266 e. The summed E-state index contributed by atoms with van der Waals surface area (Å²) in [5, 5.41) is 5.59. The number of amides is 2. The lowest BCUT2D eigenvalue weighted by Gasteiger charge is -2.09. The number of anilines is 2. The van der Waals surface area contributed by atoms with Gasteiger partial charge in [-0.15, -0.1) is 11.3 Å². The van der Waals surface area contributed by atoms with Crippen LogP contribution in [0.1, 0.15) is 40.6 Å². The second kappa shape index (κ2) is 9.97. The molecule has 2 aromatic heterocycles. The molecule has 2 heterocycles. The Morgan fingerprint density at radius 1 is 1.11 bits per heavy atom. The minimum absolute atomic E-state index is 0.116. The molecule has 0 aliphatic rings. The summed E-state index contributed by atoms with van der Waals surface area (Å²) in [6.07, 6.45) is 1.30. The number of carbonyl (C=O) groups is 2. The molecule has 0 bridgehead atoms. The van der Waals surface area contributed by atoms with Gasteiger partial charge in [0.15, 0.2) is 0 Å². The number of benzene rings is 2. The number of thiophene rings is 1. The third-order valence-electron chi connectivity index (χ3n) is 5.48. The molecule has 180 valence electrons. The second-order valence-electron chi connectivity index (χ2n) is 8.32. The van der Waals surface area contributed by atoms with Crippen LogP contribution in [0.2, 0.25) is 5.02 Å². The Morgan fingerprint density at radius 3 is 2.46 bits per heavy atom. The highest BCUT2D eigenvalue weighted by Gasteiger charge is 2.20. The Bertz CT molecular complexity index is 1500. The van der Waals surface area contributed by atoms with Crippen molar-refractivity contribution < 1.29 is 14.0 Å². The lowest BCUT2D eigenvalue weighted by atomic mass is 10.0. The highest BCUT2D eigenvalue weighted by atomic mass is 35.5. The Balaban J connectivity index is 1.54. The SMILES string of the molecule is Cc1c(C(=O)Nc2ccc(F)c(Cl)c2)sc2ncn(CC(=O)Nc3ccc(C(C)C)cc3)c(=O)c12. The highest BCUT2D eigenvalue weighted by Crippen LogP contribution is 2.28. The number of rotatable bonds is 6. The van der Waals surface area contributed by atoms with Crippen molar-refractivity contribution >= 4 is 56.3 Å². The topological polar surface area (TPSA) is 93.1 Å². The van der Waals surface area contributed by atoms with Gasteiger partial charge in [0, 0.05) is 11.4 Å². The fourth-order valence-corrected chi connectivity index (χ4v) is 4.77. The summed E-state index contributed by atoms with van der Waals surface area (Å²) in [7, 11) is 0. The molecular weight excluding hydrogens is 491 g/mol. The minimum Gasteiger partial charge on any atom is -0.325 e. The van der Waals surface area contributed by atoms with Gasteiger partial charge in [-0.2, -0.15) is 0 Å². The first-order chi connectivity index (χ1) is 16.6. The molecule has 4 aromatic rings. The third-order valence-corrected chi connectivity index (χ3v) is 6.96. The van der Waals surface area contributed by atoms with Crippen molar-refractivity contribution in [2.24, 2.45) is 0 Å². The molecule has 0 saturated carbocycles. The number of nitrogens with one attached hydrogen (secondary N) is 2. The zero-order valence-corrected chi connectivity index (χ0v) is 20.8. The van der Waals surface area contributed by atoms with E-state index in [0.29, 0.717) is 27.7 Å². The van der Waals surface area contributed by atoms with Crippen LogP contribution < -0.4 is 16.2 Å². The average molecular weight is 513 g/mol. The Hall–Kier alpha value is -3.56. The van der Waals surface area contributed by atoms with Crippen molar-refractivity contribution in [2.45, 2.75) is 33.2 Å². The van der Waals surface area contributed by atoms with Crippen LogP contribution in [-0.4, -0.2) is 21.4 Å². The van der Waals surface area contributed by atoms with Crippen LogP contribution in [0.4, 0.5) is 15.8 Å². The molecular formula is C25H22ClFN4O3S.